The van der Waals surface area contributed by atoms with E-state index in [1.54, 1.807) is 0 Å². The minimum Gasteiger partial charge on any atom is -0.388 e. The standard InChI is InChI=1S/C18H16ClN/c1-12-3-4-13-7-10-17(20-2)18(16(13)11-12)14-5-8-15(19)9-6-14/h3-11,20H,1-2H3. The Bertz CT molecular complexity index is 760. The SMILES string of the molecule is CNc1ccc2ccc(C)cc2c1-c1ccc(Cl)cc1. The Hall–Kier alpha value is -1.99. The third kappa shape index (κ3) is 2.25. The zero-order valence-electron chi connectivity index (χ0n) is 11.6. The molecule has 1 nitrogen and oxygen atoms in total. The molecule has 0 spiro atoms. The van der Waals surface area contributed by atoms with Gasteiger partial charge in [-0.25, -0.2) is 0 Å². The molecule has 0 saturated carbocycles. The van der Waals surface area contributed by atoms with Crippen molar-refractivity contribution in [2.45, 2.75) is 6.92 Å². The van der Waals surface area contributed by atoms with E-state index in [1.807, 2.05) is 19.2 Å². The summed E-state index contributed by atoms with van der Waals surface area (Å²) < 4.78 is 0. The lowest BCUT2D eigenvalue weighted by atomic mass is 9.95. The zero-order chi connectivity index (χ0) is 14.1. The molecule has 3 rings (SSSR count). The predicted molar refractivity (Wildman–Crippen MR) is 88.7 cm³/mol. The van der Waals surface area contributed by atoms with E-state index >= 15 is 0 Å². The van der Waals surface area contributed by atoms with Gasteiger partial charge in [0.15, 0.2) is 0 Å². The quantitative estimate of drug-likeness (QED) is 0.653. The molecule has 0 atom stereocenters. The number of hydrogen-bond donors (Lipinski definition) is 1. The number of benzene rings is 3. The minimum absolute atomic E-state index is 0.760. The highest BCUT2D eigenvalue weighted by Gasteiger charge is 2.09. The zero-order valence-corrected chi connectivity index (χ0v) is 12.3. The summed E-state index contributed by atoms with van der Waals surface area (Å²) in [5, 5.41) is 6.56. The molecule has 0 unspecified atom stereocenters. The summed E-state index contributed by atoms with van der Waals surface area (Å²) in [6.45, 7) is 2.12. The molecule has 20 heavy (non-hydrogen) atoms. The van der Waals surface area contributed by atoms with E-state index in [4.69, 9.17) is 11.6 Å². The second kappa shape index (κ2) is 5.18. The van der Waals surface area contributed by atoms with Gasteiger partial charge in [-0.15, -0.1) is 0 Å². The first-order valence-corrected chi connectivity index (χ1v) is 7.04. The summed E-state index contributed by atoms with van der Waals surface area (Å²) in [6, 6.07) is 18.8. The van der Waals surface area contributed by atoms with Crippen LogP contribution in [0.4, 0.5) is 5.69 Å². The second-order valence-electron chi connectivity index (χ2n) is 4.97. The molecule has 3 aromatic carbocycles. The van der Waals surface area contributed by atoms with Gasteiger partial charge in [0.1, 0.15) is 0 Å². The maximum atomic E-state index is 6.00. The number of hydrogen-bond acceptors (Lipinski definition) is 1. The monoisotopic (exact) mass is 281 g/mol. The lowest BCUT2D eigenvalue weighted by molar-refractivity contribution is 1.48. The predicted octanol–water partition coefficient (Wildman–Crippen LogP) is 5.51. The molecule has 0 aromatic heterocycles. The number of halogens is 1. The first-order valence-electron chi connectivity index (χ1n) is 6.66. The topological polar surface area (TPSA) is 12.0 Å². The van der Waals surface area contributed by atoms with Crippen LogP contribution >= 0.6 is 11.6 Å². The molecular weight excluding hydrogens is 266 g/mol. The average molecular weight is 282 g/mol. The molecule has 0 bridgehead atoms. The van der Waals surface area contributed by atoms with Crippen LogP contribution in [-0.4, -0.2) is 7.05 Å². The Kier molecular flexibility index (Phi) is 3.37. The molecule has 0 saturated heterocycles. The molecule has 0 fully saturated rings. The van der Waals surface area contributed by atoms with Gasteiger partial charge >= 0.3 is 0 Å². The van der Waals surface area contributed by atoms with E-state index in [9.17, 15) is 0 Å². The fourth-order valence-electron chi connectivity index (χ4n) is 2.57. The van der Waals surface area contributed by atoms with Gasteiger partial charge in [-0.1, -0.05) is 53.6 Å². The number of aryl methyl sites for hydroxylation is 1. The van der Waals surface area contributed by atoms with E-state index in [2.05, 4.69) is 54.7 Å². The molecular formula is C18H16ClN. The molecule has 3 aromatic rings. The number of anilines is 1. The molecule has 0 amide bonds. The number of fused-ring (bicyclic) bond motifs is 1. The van der Waals surface area contributed by atoms with Crippen molar-refractivity contribution >= 4 is 28.1 Å². The Morgan fingerprint density at radius 2 is 1.60 bits per heavy atom. The highest BCUT2D eigenvalue weighted by atomic mass is 35.5. The van der Waals surface area contributed by atoms with Gasteiger partial charge < -0.3 is 5.32 Å². The van der Waals surface area contributed by atoms with Crippen molar-refractivity contribution in [3.05, 3.63) is 65.2 Å². The van der Waals surface area contributed by atoms with Gasteiger partial charge in [0.05, 0.1) is 0 Å². The van der Waals surface area contributed by atoms with Crippen LogP contribution in [0.1, 0.15) is 5.56 Å². The Morgan fingerprint density at radius 3 is 2.30 bits per heavy atom. The van der Waals surface area contributed by atoms with Crippen molar-refractivity contribution in [2.75, 3.05) is 12.4 Å². The van der Waals surface area contributed by atoms with E-state index in [-0.39, 0.29) is 0 Å². The Morgan fingerprint density at radius 1 is 0.900 bits per heavy atom. The van der Waals surface area contributed by atoms with E-state index < -0.39 is 0 Å². The molecule has 0 aliphatic carbocycles. The Balaban J connectivity index is 2.35. The average Bonchev–Trinajstić information content (AvgIpc) is 2.47. The van der Waals surface area contributed by atoms with Crippen molar-refractivity contribution in [1.82, 2.24) is 0 Å². The molecule has 0 aliphatic heterocycles. The third-order valence-electron chi connectivity index (χ3n) is 3.58. The van der Waals surface area contributed by atoms with Crippen molar-refractivity contribution in [2.24, 2.45) is 0 Å². The molecule has 1 N–H and O–H groups in total. The van der Waals surface area contributed by atoms with Crippen molar-refractivity contribution in [3.8, 4) is 11.1 Å². The summed E-state index contributed by atoms with van der Waals surface area (Å²) in [4.78, 5) is 0. The van der Waals surface area contributed by atoms with Crippen LogP contribution in [0.3, 0.4) is 0 Å². The summed E-state index contributed by atoms with van der Waals surface area (Å²) in [7, 11) is 1.95. The number of rotatable bonds is 2. The van der Waals surface area contributed by atoms with E-state index in [1.165, 1.54) is 27.5 Å². The van der Waals surface area contributed by atoms with Crippen LogP contribution < -0.4 is 5.32 Å². The number of nitrogens with one attached hydrogen (secondary N) is 1. The molecule has 0 heterocycles. The summed E-state index contributed by atoms with van der Waals surface area (Å²) in [5.41, 5.74) is 4.80. The fraction of sp³-hybridized carbons (Fsp3) is 0.111. The minimum atomic E-state index is 0.760. The van der Waals surface area contributed by atoms with Crippen LogP contribution in [-0.2, 0) is 0 Å². The third-order valence-corrected chi connectivity index (χ3v) is 3.83. The van der Waals surface area contributed by atoms with Gasteiger partial charge in [0.25, 0.3) is 0 Å². The highest BCUT2D eigenvalue weighted by molar-refractivity contribution is 6.30. The maximum Gasteiger partial charge on any atom is 0.0423 e. The van der Waals surface area contributed by atoms with Crippen molar-refractivity contribution < 1.29 is 0 Å². The summed E-state index contributed by atoms with van der Waals surface area (Å²) >= 11 is 6.00. The molecule has 0 radical (unpaired) electrons. The lowest BCUT2D eigenvalue weighted by Crippen LogP contribution is -1.93. The van der Waals surface area contributed by atoms with Crippen LogP contribution in [0.2, 0.25) is 5.02 Å². The highest BCUT2D eigenvalue weighted by Crippen LogP contribution is 2.36. The molecule has 100 valence electrons. The van der Waals surface area contributed by atoms with Gasteiger partial charge in [-0.05, 0) is 41.5 Å². The smallest absolute Gasteiger partial charge is 0.0423 e. The Labute approximate surface area is 124 Å². The first-order chi connectivity index (χ1) is 9.69. The summed E-state index contributed by atoms with van der Waals surface area (Å²) in [6.07, 6.45) is 0. The van der Waals surface area contributed by atoms with Crippen molar-refractivity contribution in [1.29, 1.82) is 0 Å². The molecule has 0 aliphatic rings. The second-order valence-corrected chi connectivity index (χ2v) is 5.41. The normalized spacial score (nSPS) is 10.8. The van der Waals surface area contributed by atoms with Crippen LogP contribution in [0.25, 0.3) is 21.9 Å². The van der Waals surface area contributed by atoms with Gasteiger partial charge in [0.2, 0.25) is 0 Å². The van der Waals surface area contributed by atoms with Crippen LogP contribution in [0.15, 0.2) is 54.6 Å². The van der Waals surface area contributed by atoms with Gasteiger partial charge in [-0.2, -0.15) is 0 Å². The fourth-order valence-corrected chi connectivity index (χ4v) is 2.70. The van der Waals surface area contributed by atoms with Crippen LogP contribution in [0.5, 0.6) is 0 Å². The van der Waals surface area contributed by atoms with E-state index in [0.29, 0.717) is 0 Å². The summed E-state index contributed by atoms with van der Waals surface area (Å²) in [5.74, 6) is 0. The van der Waals surface area contributed by atoms with E-state index in [0.717, 1.165) is 10.7 Å². The van der Waals surface area contributed by atoms with Gasteiger partial charge in [0, 0.05) is 23.3 Å². The maximum absolute atomic E-state index is 6.00. The van der Waals surface area contributed by atoms with Crippen LogP contribution in [0, 0.1) is 6.92 Å². The van der Waals surface area contributed by atoms with Crippen molar-refractivity contribution in [3.63, 3.8) is 0 Å². The van der Waals surface area contributed by atoms with Gasteiger partial charge in [-0.3, -0.25) is 0 Å². The lowest BCUT2D eigenvalue weighted by Gasteiger charge is -2.14. The molecule has 2 heteroatoms. The largest absolute Gasteiger partial charge is 0.388 e. The first kappa shape index (κ1) is 13.0.